The van der Waals surface area contributed by atoms with Crippen LogP contribution >= 0.6 is 24.8 Å². The minimum absolute atomic E-state index is 0. The van der Waals surface area contributed by atoms with Crippen molar-refractivity contribution >= 4 is 41.6 Å². The Morgan fingerprint density at radius 1 is 1.17 bits per heavy atom. The number of para-hydroxylation sites is 1. The van der Waals surface area contributed by atoms with E-state index < -0.39 is 0 Å². The predicted molar refractivity (Wildman–Crippen MR) is 96.7 cm³/mol. The molecule has 6 heteroatoms. The van der Waals surface area contributed by atoms with Crippen LogP contribution in [-0.4, -0.2) is 34.9 Å². The Kier molecular flexibility index (Phi) is 5.50. The summed E-state index contributed by atoms with van der Waals surface area (Å²) in [4.78, 5) is 19.4. The molecule has 1 atom stereocenters. The van der Waals surface area contributed by atoms with E-state index in [2.05, 4.69) is 0 Å². The molecule has 4 rings (SSSR count). The number of hydrogen-bond donors (Lipinski definition) is 1. The minimum Gasteiger partial charge on any atom is -0.337 e. The van der Waals surface area contributed by atoms with Crippen molar-refractivity contribution in [2.24, 2.45) is 5.73 Å². The van der Waals surface area contributed by atoms with Gasteiger partial charge in [-0.25, -0.2) is 0 Å². The average molecular weight is 354 g/mol. The van der Waals surface area contributed by atoms with Crippen molar-refractivity contribution in [1.29, 1.82) is 0 Å². The molecule has 0 unspecified atom stereocenters. The Labute approximate surface area is 148 Å². The number of fused-ring (bicyclic) bond motifs is 1. The second-order valence-corrected chi connectivity index (χ2v) is 6.19. The Morgan fingerprint density at radius 3 is 2.57 bits per heavy atom. The fraction of sp³-hybridized carbons (Fsp3) is 0.412. The Morgan fingerprint density at radius 2 is 1.91 bits per heavy atom. The first kappa shape index (κ1) is 18.0. The third-order valence-electron chi connectivity index (χ3n) is 4.47. The summed E-state index contributed by atoms with van der Waals surface area (Å²) in [5.41, 5.74) is 8.72. The number of carbonyl (C=O) groups is 1. The van der Waals surface area contributed by atoms with Crippen LogP contribution in [0.4, 0.5) is 0 Å². The van der Waals surface area contributed by atoms with Gasteiger partial charge in [-0.05, 0) is 31.4 Å². The van der Waals surface area contributed by atoms with Gasteiger partial charge in [0, 0.05) is 36.1 Å². The smallest absolute Gasteiger partial charge is 0.254 e. The lowest BCUT2D eigenvalue weighted by Crippen LogP contribution is -2.32. The lowest BCUT2D eigenvalue weighted by Gasteiger charge is -2.17. The van der Waals surface area contributed by atoms with Crippen molar-refractivity contribution in [3.05, 3.63) is 41.6 Å². The summed E-state index contributed by atoms with van der Waals surface area (Å²) in [6.45, 7) is 1.42. The molecule has 1 amide bonds. The summed E-state index contributed by atoms with van der Waals surface area (Å²) >= 11 is 0. The van der Waals surface area contributed by atoms with Gasteiger partial charge in [-0.15, -0.1) is 24.8 Å². The second-order valence-electron chi connectivity index (χ2n) is 6.19. The molecule has 1 aliphatic carbocycles. The molecule has 2 aliphatic rings. The largest absolute Gasteiger partial charge is 0.337 e. The standard InChI is InChI=1S/C17H19N3O.2ClH/c18-12-7-8-20(10-12)17(21)14-9-16(11-5-6-11)19-15-4-2-1-3-13(14)15;;/h1-4,9,11-12H,5-8,10,18H2;2*1H/t12-;;/m1../s1. The van der Waals surface area contributed by atoms with Crippen molar-refractivity contribution in [3.63, 3.8) is 0 Å². The Hall–Kier alpha value is -1.36. The van der Waals surface area contributed by atoms with Gasteiger partial charge in [0.25, 0.3) is 5.91 Å². The Bertz CT molecular complexity index is 718. The van der Waals surface area contributed by atoms with Crippen LogP contribution in [0.3, 0.4) is 0 Å². The van der Waals surface area contributed by atoms with Gasteiger partial charge in [0.1, 0.15) is 0 Å². The van der Waals surface area contributed by atoms with Crippen molar-refractivity contribution in [1.82, 2.24) is 9.88 Å². The molecular weight excluding hydrogens is 333 g/mol. The number of nitrogens with two attached hydrogens (primary N) is 1. The number of halogens is 2. The summed E-state index contributed by atoms with van der Waals surface area (Å²) < 4.78 is 0. The number of likely N-dealkylation sites (tertiary alicyclic amines) is 1. The molecule has 2 heterocycles. The first-order valence-corrected chi connectivity index (χ1v) is 7.67. The van der Waals surface area contributed by atoms with Crippen molar-refractivity contribution in [3.8, 4) is 0 Å². The maximum Gasteiger partial charge on any atom is 0.254 e. The number of nitrogens with zero attached hydrogens (tertiary/aromatic N) is 2. The van der Waals surface area contributed by atoms with Gasteiger partial charge in [0.2, 0.25) is 0 Å². The van der Waals surface area contributed by atoms with E-state index in [9.17, 15) is 4.79 Å². The molecule has 2 N–H and O–H groups in total. The number of aromatic nitrogens is 1. The van der Waals surface area contributed by atoms with Crippen molar-refractivity contribution in [2.75, 3.05) is 13.1 Å². The van der Waals surface area contributed by atoms with E-state index in [1.165, 1.54) is 12.8 Å². The van der Waals surface area contributed by atoms with Crippen LogP contribution in [0.5, 0.6) is 0 Å². The highest BCUT2D eigenvalue weighted by Crippen LogP contribution is 2.40. The lowest BCUT2D eigenvalue weighted by molar-refractivity contribution is 0.0792. The molecule has 1 saturated heterocycles. The molecule has 1 saturated carbocycles. The van der Waals surface area contributed by atoms with E-state index in [0.29, 0.717) is 12.5 Å². The molecule has 23 heavy (non-hydrogen) atoms. The van der Waals surface area contributed by atoms with Gasteiger partial charge in [-0.3, -0.25) is 9.78 Å². The number of carbonyl (C=O) groups excluding carboxylic acids is 1. The molecule has 1 aromatic carbocycles. The predicted octanol–water partition coefficient (Wildman–Crippen LogP) is 3.13. The molecule has 2 aromatic rings. The first-order valence-electron chi connectivity index (χ1n) is 7.67. The third-order valence-corrected chi connectivity index (χ3v) is 4.47. The molecular formula is C17H21Cl2N3O. The zero-order valence-electron chi connectivity index (χ0n) is 12.8. The van der Waals surface area contributed by atoms with Crippen molar-refractivity contribution in [2.45, 2.75) is 31.2 Å². The van der Waals surface area contributed by atoms with E-state index in [1.807, 2.05) is 35.2 Å². The van der Waals surface area contributed by atoms with Gasteiger partial charge in [0.05, 0.1) is 11.1 Å². The molecule has 2 fully saturated rings. The summed E-state index contributed by atoms with van der Waals surface area (Å²) in [6, 6.07) is 10.0. The normalized spacial score (nSPS) is 20.0. The lowest BCUT2D eigenvalue weighted by atomic mass is 10.0. The maximum absolute atomic E-state index is 12.8. The number of rotatable bonds is 2. The molecule has 1 aromatic heterocycles. The second kappa shape index (κ2) is 7.04. The Balaban J connectivity index is 0.000000960. The van der Waals surface area contributed by atoms with Crippen LogP contribution in [0.25, 0.3) is 10.9 Å². The van der Waals surface area contributed by atoms with Gasteiger partial charge < -0.3 is 10.6 Å². The topological polar surface area (TPSA) is 59.2 Å². The van der Waals surface area contributed by atoms with Gasteiger partial charge in [-0.2, -0.15) is 0 Å². The monoisotopic (exact) mass is 353 g/mol. The summed E-state index contributed by atoms with van der Waals surface area (Å²) in [5, 5.41) is 0.951. The molecule has 0 radical (unpaired) electrons. The van der Waals surface area contributed by atoms with Crippen LogP contribution in [0.2, 0.25) is 0 Å². The van der Waals surface area contributed by atoms with Gasteiger partial charge >= 0.3 is 0 Å². The molecule has 1 aliphatic heterocycles. The summed E-state index contributed by atoms with van der Waals surface area (Å²) in [5.74, 6) is 0.644. The highest BCUT2D eigenvalue weighted by molar-refractivity contribution is 6.06. The number of hydrogen-bond acceptors (Lipinski definition) is 3. The van der Waals surface area contributed by atoms with Crippen LogP contribution in [0, 0.1) is 0 Å². The van der Waals surface area contributed by atoms with Gasteiger partial charge in [-0.1, -0.05) is 18.2 Å². The van der Waals surface area contributed by atoms with E-state index in [0.717, 1.165) is 35.1 Å². The average Bonchev–Trinajstić information content (AvgIpc) is 3.27. The SMILES string of the molecule is Cl.Cl.N[C@@H]1CCN(C(=O)c2cc(C3CC3)nc3ccccc23)C1. The zero-order valence-corrected chi connectivity index (χ0v) is 14.4. The fourth-order valence-corrected chi connectivity index (χ4v) is 3.10. The quantitative estimate of drug-likeness (QED) is 0.901. The van der Waals surface area contributed by atoms with Crippen molar-refractivity contribution < 1.29 is 4.79 Å². The van der Waals surface area contributed by atoms with Crippen LogP contribution in [-0.2, 0) is 0 Å². The highest BCUT2D eigenvalue weighted by atomic mass is 35.5. The summed E-state index contributed by atoms with van der Waals surface area (Å²) in [7, 11) is 0. The van der Waals surface area contributed by atoms with Gasteiger partial charge in [0.15, 0.2) is 0 Å². The molecule has 0 bridgehead atoms. The van der Waals surface area contributed by atoms with E-state index >= 15 is 0 Å². The minimum atomic E-state index is 0. The van der Waals surface area contributed by atoms with E-state index in [4.69, 9.17) is 10.7 Å². The summed E-state index contributed by atoms with van der Waals surface area (Å²) in [6.07, 6.45) is 3.27. The molecule has 124 valence electrons. The van der Waals surface area contributed by atoms with E-state index in [-0.39, 0.29) is 36.8 Å². The first-order chi connectivity index (χ1) is 10.2. The number of benzene rings is 1. The molecule has 4 nitrogen and oxygen atoms in total. The van der Waals surface area contributed by atoms with Crippen LogP contribution in [0.15, 0.2) is 30.3 Å². The maximum atomic E-state index is 12.8. The fourth-order valence-electron chi connectivity index (χ4n) is 3.10. The van der Waals surface area contributed by atoms with Crippen LogP contribution in [0.1, 0.15) is 41.2 Å². The van der Waals surface area contributed by atoms with Crippen LogP contribution < -0.4 is 5.73 Å². The highest BCUT2D eigenvalue weighted by Gasteiger charge is 2.29. The van der Waals surface area contributed by atoms with E-state index in [1.54, 1.807) is 0 Å². The molecule has 0 spiro atoms. The zero-order chi connectivity index (χ0) is 14.4. The third kappa shape index (κ3) is 3.44. The number of amides is 1. The number of pyridine rings is 1.